The van der Waals surface area contributed by atoms with E-state index in [2.05, 4.69) is 15.8 Å². The van der Waals surface area contributed by atoms with Crippen molar-refractivity contribution in [2.75, 3.05) is 10.9 Å². The molecule has 0 aliphatic heterocycles. The summed E-state index contributed by atoms with van der Waals surface area (Å²) in [7, 11) is 0. The molecular formula is C10H11N5OS. The maximum atomic E-state index is 11.2. The van der Waals surface area contributed by atoms with Crippen LogP contribution in [0, 0.1) is 0 Å². The molecule has 6 nitrogen and oxygen atoms in total. The van der Waals surface area contributed by atoms with E-state index < -0.39 is 5.91 Å². The van der Waals surface area contributed by atoms with Crippen molar-refractivity contribution in [3.8, 4) is 0 Å². The van der Waals surface area contributed by atoms with Crippen molar-refractivity contribution in [1.29, 1.82) is 0 Å². The van der Waals surface area contributed by atoms with Gasteiger partial charge in [0.05, 0.1) is 5.69 Å². The third-order valence-electron chi connectivity index (χ3n) is 1.96. The van der Waals surface area contributed by atoms with E-state index in [1.54, 1.807) is 5.38 Å². The Morgan fingerprint density at radius 3 is 2.71 bits per heavy atom. The topological polar surface area (TPSA) is 92.1 Å². The van der Waals surface area contributed by atoms with Gasteiger partial charge in [-0.05, 0) is 12.1 Å². The molecule has 0 radical (unpaired) electrons. The SMILES string of the molecule is NNC(=O)c1csc(NNc2ccccc2)n1. The van der Waals surface area contributed by atoms with Crippen LogP contribution in [0.4, 0.5) is 10.8 Å². The van der Waals surface area contributed by atoms with Crippen LogP contribution < -0.4 is 22.1 Å². The number of hydrogen-bond acceptors (Lipinski definition) is 6. The van der Waals surface area contributed by atoms with Crippen LogP contribution >= 0.6 is 11.3 Å². The van der Waals surface area contributed by atoms with Crippen LogP contribution in [0.25, 0.3) is 0 Å². The Morgan fingerprint density at radius 1 is 1.24 bits per heavy atom. The molecule has 2 aromatic rings. The summed E-state index contributed by atoms with van der Waals surface area (Å²) < 4.78 is 0. The standard InChI is InChI=1S/C10H11N5OS/c11-13-9(16)8-6-17-10(12-8)15-14-7-4-2-1-3-5-7/h1-6,14H,11H2,(H,12,15)(H,13,16). The monoisotopic (exact) mass is 249 g/mol. The third-order valence-corrected chi connectivity index (χ3v) is 2.71. The Bertz CT molecular complexity index is 498. The molecule has 5 N–H and O–H groups in total. The molecule has 0 bridgehead atoms. The molecule has 0 saturated carbocycles. The Balaban J connectivity index is 1.96. The van der Waals surface area contributed by atoms with Crippen LogP contribution in [0.3, 0.4) is 0 Å². The minimum absolute atomic E-state index is 0.287. The van der Waals surface area contributed by atoms with Crippen molar-refractivity contribution >= 4 is 28.1 Å². The van der Waals surface area contributed by atoms with E-state index in [-0.39, 0.29) is 5.69 Å². The normalized spacial score (nSPS) is 9.71. The third kappa shape index (κ3) is 2.92. The summed E-state index contributed by atoms with van der Waals surface area (Å²) in [5.41, 5.74) is 9.09. The molecule has 7 heteroatoms. The van der Waals surface area contributed by atoms with Crippen molar-refractivity contribution in [3.63, 3.8) is 0 Å². The Labute approximate surface area is 102 Å². The molecule has 0 saturated heterocycles. The number of nitrogens with one attached hydrogen (secondary N) is 3. The number of amides is 1. The van der Waals surface area contributed by atoms with Gasteiger partial charge in [-0.3, -0.25) is 21.1 Å². The van der Waals surface area contributed by atoms with Gasteiger partial charge in [0, 0.05) is 5.38 Å². The predicted octanol–water partition coefficient (Wildman–Crippen LogP) is 1.19. The number of rotatable bonds is 4. The second-order valence-electron chi connectivity index (χ2n) is 3.13. The Kier molecular flexibility index (Phi) is 3.53. The summed E-state index contributed by atoms with van der Waals surface area (Å²) >= 11 is 1.31. The van der Waals surface area contributed by atoms with Gasteiger partial charge >= 0.3 is 0 Å². The number of benzene rings is 1. The zero-order valence-electron chi connectivity index (χ0n) is 8.81. The quantitative estimate of drug-likeness (QED) is 0.371. The minimum atomic E-state index is -0.408. The smallest absolute Gasteiger partial charge is 0.284 e. The van der Waals surface area contributed by atoms with E-state index in [0.29, 0.717) is 5.13 Å². The van der Waals surface area contributed by atoms with E-state index in [1.165, 1.54) is 11.3 Å². The molecule has 0 aliphatic rings. The lowest BCUT2D eigenvalue weighted by molar-refractivity contribution is 0.0949. The van der Waals surface area contributed by atoms with Gasteiger partial charge in [0.1, 0.15) is 5.69 Å². The first-order valence-electron chi connectivity index (χ1n) is 4.83. The minimum Gasteiger partial charge on any atom is -0.299 e. The van der Waals surface area contributed by atoms with Crippen molar-refractivity contribution in [3.05, 3.63) is 41.4 Å². The average molecular weight is 249 g/mol. The van der Waals surface area contributed by atoms with E-state index in [4.69, 9.17) is 5.84 Å². The molecule has 0 unspecified atom stereocenters. The van der Waals surface area contributed by atoms with Gasteiger partial charge < -0.3 is 0 Å². The molecule has 0 spiro atoms. The second-order valence-corrected chi connectivity index (χ2v) is 3.99. The Morgan fingerprint density at radius 2 is 2.00 bits per heavy atom. The highest BCUT2D eigenvalue weighted by Crippen LogP contribution is 2.15. The molecule has 1 aromatic heterocycles. The molecule has 88 valence electrons. The van der Waals surface area contributed by atoms with Gasteiger partial charge in [0.25, 0.3) is 5.91 Å². The molecular weight excluding hydrogens is 238 g/mol. The summed E-state index contributed by atoms with van der Waals surface area (Å²) in [6.07, 6.45) is 0. The lowest BCUT2D eigenvalue weighted by atomic mass is 10.3. The van der Waals surface area contributed by atoms with Gasteiger partial charge in [0.15, 0.2) is 0 Å². The van der Waals surface area contributed by atoms with E-state index in [0.717, 1.165) is 5.69 Å². The molecule has 17 heavy (non-hydrogen) atoms. The number of nitrogen functional groups attached to an aromatic ring is 1. The Hall–Kier alpha value is -2.12. The number of para-hydroxylation sites is 1. The maximum Gasteiger partial charge on any atom is 0.284 e. The first kappa shape index (κ1) is 11.4. The van der Waals surface area contributed by atoms with Crippen LogP contribution in [0.1, 0.15) is 10.5 Å². The van der Waals surface area contributed by atoms with Crippen molar-refractivity contribution in [1.82, 2.24) is 10.4 Å². The van der Waals surface area contributed by atoms with Crippen molar-refractivity contribution in [2.24, 2.45) is 5.84 Å². The summed E-state index contributed by atoms with van der Waals surface area (Å²) in [6, 6.07) is 9.58. The summed E-state index contributed by atoms with van der Waals surface area (Å²) in [4.78, 5) is 15.2. The number of nitrogens with zero attached hydrogens (tertiary/aromatic N) is 1. The zero-order chi connectivity index (χ0) is 12.1. The number of carbonyl (C=O) groups is 1. The van der Waals surface area contributed by atoms with Gasteiger partial charge in [-0.25, -0.2) is 10.8 Å². The van der Waals surface area contributed by atoms with Crippen LogP contribution in [0.5, 0.6) is 0 Å². The molecule has 2 rings (SSSR count). The van der Waals surface area contributed by atoms with Crippen LogP contribution in [-0.2, 0) is 0 Å². The van der Waals surface area contributed by atoms with Crippen molar-refractivity contribution in [2.45, 2.75) is 0 Å². The van der Waals surface area contributed by atoms with Gasteiger partial charge in [-0.15, -0.1) is 11.3 Å². The molecule has 0 aliphatic carbocycles. The van der Waals surface area contributed by atoms with Crippen LogP contribution in [0.2, 0.25) is 0 Å². The first-order chi connectivity index (χ1) is 8.29. The lowest BCUT2D eigenvalue weighted by Crippen LogP contribution is -2.30. The van der Waals surface area contributed by atoms with Crippen LogP contribution in [0.15, 0.2) is 35.7 Å². The molecule has 1 heterocycles. The molecule has 0 fully saturated rings. The highest BCUT2D eigenvalue weighted by Gasteiger charge is 2.08. The average Bonchev–Trinajstić information content (AvgIpc) is 2.85. The van der Waals surface area contributed by atoms with E-state index in [9.17, 15) is 4.79 Å². The number of aromatic nitrogens is 1. The van der Waals surface area contributed by atoms with Gasteiger partial charge in [0.2, 0.25) is 5.13 Å². The largest absolute Gasteiger partial charge is 0.299 e. The summed E-state index contributed by atoms with van der Waals surface area (Å²) in [5, 5.41) is 2.21. The number of nitrogens with two attached hydrogens (primary N) is 1. The first-order valence-corrected chi connectivity index (χ1v) is 5.71. The molecule has 0 atom stereocenters. The van der Waals surface area contributed by atoms with Crippen molar-refractivity contribution < 1.29 is 4.79 Å². The fraction of sp³-hybridized carbons (Fsp3) is 0. The van der Waals surface area contributed by atoms with E-state index in [1.807, 2.05) is 35.8 Å². The number of thiazole rings is 1. The van der Waals surface area contributed by atoms with Gasteiger partial charge in [-0.2, -0.15) is 0 Å². The molecule has 1 amide bonds. The fourth-order valence-corrected chi connectivity index (χ4v) is 1.80. The number of hydrogen-bond donors (Lipinski definition) is 4. The highest BCUT2D eigenvalue weighted by atomic mass is 32.1. The summed E-state index contributed by atoms with van der Waals surface area (Å²) in [5.74, 6) is 4.60. The highest BCUT2D eigenvalue weighted by molar-refractivity contribution is 7.13. The van der Waals surface area contributed by atoms with E-state index >= 15 is 0 Å². The number of carbonyl (C=O) groups excluding carboxylic acids is 1. The maximum absolute atomic E-state index is 11.2. The number of anilines is 2. The summed E-state index contributed by atoms with van der Waals surface area (Å²) in [6.45, 7) is 0. The molecule has 1 aromatic carbocycles. The van der Waals surface area contributed by atoms with Gasteiger partial charge in [-0.1, -0.05) is 18.2 Å². The lowest BCUT2D eigenvalue weighted by Gasteiger charge is -2.05. The fourth-order valence-electron chi connectivity index (χ4n) is 1.16. The van der Waals surface area contributed by atoms with Crippen LogP contribution in [-0.4, -0.2) is 10.9 Å². The zero-order valence-corrected chi connectivity index (χ0v) is 9.62. The number of hydrazine groups is 2. The second kappa shape index (κ2) is 5.28. The predicted molar refractivity (Wildman–Crippen MR) is 67.5 cm³/mol.